The predicted molar refractivity (Wildman–Crippen MR) is 65.9 cm³/mol. The Labute approximate surface area is 105 Å². The molecule has 0 radical (unpaired) electrons. The molecule has 0 saturated heterocycles. The third kappa shape index (κ3) is 3.11. The van der Waals surface area contributed by atoms with Crippen LogP contribution in [0, 0.1) is 0 Å². The number of Topliss-reactive ketones (excluding diaryl/α,β-unsaturated/α-hetero) is 1. The van der Waals surface area contributed by atoms with Gasteiger partial charge in [-0.05, 0) is 13.1 Å². The van der Waals surface area contributed by atoms with E-state index in [0.717, 1.165) is 0 Å². The van der Waals surface area contributed by atoms with E-state index < -0.39 is 0 Å². The average molecular weight is 262 g/mol. The van der Waals surface area contributed by atoms with E-state index in [2.05, 4.69) is 5.32 Å². The molecule has 1 aromatic rings. The molecule has 0 amide bonds. The summed E-state index contributed by atoms with van der Waals surface area (Å²) in [5.41, 5.74) is 0.433. The number of methoxy groups -OCH3 is 1. The van der Waals surface area contributed by atoms with E-state index in [4.69, 9.17) is 27.9 Å². The minimum absolute atomic E-state index is 0.0381. The van der Waals surface area contributed by atoms with Crippen molar-refractivity contribution in [2.45, 2.75) is 6.42 Å². The van der Waals surface area contributed by atoms with Gasteiger partial charge in [0.2, 0.25) is 0 Å². The third-order valence-corrected chi connectivity index (χ3v) is 2.75. The number of halogens is 2. The molecule has 0 unspecified atom stereocenters. The second kappa shape index (κ2) is 6.09. The van der Waals surface area contributed by atoms with Crippen molar-refractivity contribution in [2.75, 3.05) is 20.7 Å². The Kier molecular flexibility index (Phi) is 5.06. The summed E-state index contributed by atoms with van der Waals surface area (Å²) in [6, 6.07) is 3.09. The van der Waals surface area contributed by atoms with Gasteiger partial charge in [0, 0.05) is 24.6 Å². The molecule has 0 heterocycles. The molecule has 1 aromatic carbocycles. The van der Waals surface area contributed by atoms with E-state index in [1.54, 1.807) is 19.2 Å². The highest BCUT2D eigenvalue weighted by Gasteiger charge is 2.13. The van der Waals surface area contributed by atoms with Gasteiger partial charge in [-0.1, -0.05) is 23.2 Å². The summed E-state index contributed by atoms with van der Waals surface area (Å²) in [6.45, 7) is 0.610. The monoisotopic (exact) mass is 261 g/mol. The van der Waals surface area contributed by atoms with Gasteiger partial charge in [0.05, 0.1) is 17.2 Å². The molecule has 0 atom stereocenters. The summed E-state index contributed by atoms with van der Waals surface area (Å²) >= 11 is 11.9. The maximum atomic E-state index is 11.8. The molecule has 0 aromatic heterocycles. The Balaban J connectivity index is 2.97. The van der Waals surface area contributed by atoms with Gasteiger partial charge >= 0.3 is 0 Å². The van der Waals surface area contributed by atoms with Crippen LogP contribution in [0.4, 0.5) is 0 Å². The normalized spacial score (nSPS) is 10.2. The second-order valence-electron chi connectivity index (χ2n) is 3.24. The predicted octanol–water partition coefficient (Wildman–Crippen LogP) is 2.79. The van der Waals surface area contributed by atoms with Crippen molar-refractivity contribution in [3.05, 3.63) is 27.7 Å². The number of hydrogen-bond acceptors (Lipinski definition) is 3. The van der Waals surface area contributed by atoms with Gasteiger partial charge in [-0.3, -0.25) is 4.79 Å². The lowest BCUT2D eigenvalue weighted by Crippen LogP contribution is -2.13. The van der Waals surface area contributed by atoms with Crippen molar-refractivity contribution in [1.82, 2.24) is 5.32 Å². The molecular weight excluding hydrogens is 249 g/mol. The summed E-state index contributed by atoms with van der Waals surface area (Å²) in [7, 11) is 3.29. The molecular formula is C11H13Cl2NO2. The van der Waals surface area contributed by atoms with Gasteiger partial charge in [-0.15, -0.1) is 0 Å². The largest absolute Gasteiger partial charge is 0.495 e. The maximum Gasteiger partial charge on any atom is 0.165 e. The van der Waals surface area contributed by atoms with Crippen LogP contribution in [-0.4, -0.2) is 26.5 Å². The molecule has 16 heavy (non-hydrogen) atoms. The van der Waals surface area contributed by atoms with E-state index in [1.165, 1.54) is 7.11 Å². The van der Waals surface area contributed by atoms with Crippen molar-refractivity contribution in [1.29, 1.82) is 0 Å². The third-order valence-electron chi connectivity index (χ3n) is 2.14. The van der Waals surface area contributed by atoms with Crippen LogP contribution in [0.2, 0.25) is 10.0 Å². The minimum Gasteiger partial charge on any atom is -0.495 e. The lowest BCUT2D eigenvalue weighted by Gasteiger charge is -2.08. The van der Waals surface area contributed by atoms with Crippen LogP contribution in [0.1, 0.15) is 16.8 Å². The van der Waals surface area contributed by atoms with Crippen molar-refractivity contribution in [3.8, 4) is 5.75 Å². The molecule has 0 aliphatic heterocycles. The summed E-state index contributed by atoms with van der Waals surface area (Å²) < 4.78 is 5.00. The highest BCUT2D eigenvalue weighted by molar-refractivity contribution is 6.36. The quantitative estimate of drug-likeness (QED) is 0.829. The molecule has 0 aliphatic rings. The lowest BCUT2D eigenvalue weighted by atomic mass is 10.1. The molecule has 88 valence electrons. The number of carbonyl (C=O) groups is 1. The average Bonchev–Trinajstić information content (AvgIpc) is 2.28. The molecule has 1 rings (SSSR count). The topological polar surface area (TPSA) is 38.3 Å². The number of ketones is 1. The number of hydrogen-bond donors (Lipinski definition) is 1. The molecule has 0 fully saturated rings. The van der Waals surface area contributed by atoms with Crippen LogP contribution < -0.4 is 10.1 Å². The zero-order valence-corrected chi connectivity index (χ0v) is 10.7. The molecule has 1 N–H and O–H groups in total. The molecule has 0 bridgehead atoms. The first-order valence-corrected chi connectivity index (χ1v) is 5.56. The lowest BCUT2D eigenvalue weighted by molar-refractivity contribution is 0.0983. The van der Waals surface area contributed by atoms with E-state index >= 15 is 0 Å². The Bertz CT molecular complexity index is 394. The van der Waals surface area contributed by atoms with Gasteiger partial charge in [-0.25, -0.2) is 0 Å². The maximum absolute atomic E-state index is 11.8. The Morgan fingerprint density at radius 3 is 2.62 bits per heavy atom. The van der Waals surface area contributed by atoms with E-state index in [9.17, 15) is 4.79 Å². The fourth-order valence-corrected chi connectivity index (χ4v) is 1.77. The fraction of sp³-hybridized carbons (Fsp3) is 0.364. The van der Waals surface area contributed by atoms with Gasteiger partial charge in [0.15, 0.2) is 5.78 Å². The number of ether oxygens (including phenoxy) is 1. The van der Waals surface area contributed by atoms with Crippen LogP contribution >= 0.6 is 23.2 Å². The first kappa shape index (κ1) is 13.3. The number of nitrogens with one attached hydrogen (secondary N) is 1. The molecule has 0 saturated carbocycles. The standard InChI is InChI=1S/C11H13Cl2NO2/c1-14-4-3-10(15)7-5-9(13)11(16-2)6-8(7)12/h5-6,14H,3-4H2,1-2H3. The molecule has 5 heteroatoms. The number of rotatable bonds is 5. The van der Waals surface area contributed by atoms with Crippen LogP contribution in [0.5, 0.6) is 5.75 Å². The van der Waals surface area contributed by atoms with Crippen LogP contribution in [0.25, 0.3) is 0 Å². The summed E-state index contributed by atoms with van der Waals surface area (Å²) in [6.07, 6.45) is 0.388. The smallest absolute Gasteiger partial charge is 0.165 e. The zero-order chi connectivity index (χ0) is 12.1. The zero-order valence-electron chi connectivity index (χ0n) is 9.14. The van der Waals surface area contributed by atoms with Crippen molar-refractivity contribution < 1.29 is 9.53 Å². The first-order valence-electron chi connectivity index (χ1n) is 4.81. The number of benzene rings is 1. The van der Waals surface area contributed by atoms with Gasteiger partial charge < -0.3 is 10.1 Å². The Hall–Kier alpha value is -0.770. The summed E-state index contributed by atoms with van der Waals surface area (Å²) in [4.78, 5) is 11.8. The Morgan fingerprint density at radius 1 is 1.38 bits per heavy atom. The SMILES string of the molecule is CNCCC(=O)c1cc(Cl)c(OC)cc1Cl. The van der Waals surface area contributed by atoms with Crippen molar-refractivity contribution in [2.24, 2.45) is 0 Å². The van der Waals surface area contributed by atoms with Crippen LogP contribution in [-0.2, 0) is 0 Å². The van der Waals surface area contributed by atoms with Crippen LogP contribution in [0.3, 0.4) is 0 Å². The highest BCUT2D eigenvalue weighted by Crippen LogP contribution is 2.31. The van der Waals surface area contributed by atoms with E-state index in [0.29, 0.717) is 34.3 Å². The number of carbonyl (C=O) groups excluding carboxylic acids is 1. The highest BCUT2D eigenvalue weighted by atomic mass is 35.5. The van der Waals surface area contributed by atoms with Gasteiger partial charge in [0.1, 0.15) is 5.75 Å². The van der Waals surface area contributed by atoms with Gasteiger partial charge in [0.25, 0.3) is 0 Å². The van der Waals surface area contributed by atoms with Gasteiger partial charge in [-0.2, -0.15) is 0 Å². The molecule has 0 spiro atoms. The van der Waals surface area contributed by atoms with Crippen LogP contribution in [0.15, 0.2) is 12.1 Å². The van der Waals surface area contributed by atoms with E-state index in [-0.39, 0.29) is 5.78 Å². The van der Waals surface area contributed by atoms with Crippen molar-refractivity contribution >= 4 is 29.0 Å². The first-order chi connectivity index (χ1) is 7.60. The summed E-state index contributed by atoms with van der Waals surface area (Å²) in [5, 5.41) is 3.66. The van der Waals surface area contributed by atoms with Crippen molar-refractivity contribution in [3.63, 3.8) is 0 Å². The summed E-state index contributed by atoms with van der Waals surface area (Å²) in [5.74, 6) is 0.431. The Morgan fingerprint density at radius 2 is 2.06 bits per heavy atom. The van der Waals surface area contributed by atoms with E-state index in [1.807, 2.05) is 0 Å². The second-order valence-corrected chi connectivity index (χ2v) is 4.06. The fourth-order valence-electron chi connectivity index (χ4n) is 1.27. The molecule has 0 aliphatic carbocycles. The molecule has 3 nitrogen and oxygen atoms in total. The minimum atomic E-state index is -0.0381.